The SMILES string of the molecule is CCC1CN=C(N)c2sccc2O1. The van der Waals surface area contributed by atoms with Crippen molar-refractivity contribution in [3.63, 3.8) is 0 Å². The van der Waals surface area contributed by atoms with Crippen LogP contribution >= 0.6 is 11.3 Å². The zero-order valence-electron chi connectivity index (χ0n) is 7.49. The van der Waals surface area contributed by atoms with Crippen molar-refractivity contribution in [1.82, 2.24) is 0 Å². The summed E-state index contributed by atoms with van der Waals surface area (Å²) in [7, 11) is 0. The van der Waals surface area contributed by atoms with Crippen LogP contribution in [-0.2, 0) is 0 Å². The van der Waals surface area contributed by atoms with Gasteiger partial charge in [-0.05, 0) is 17.9 Å². The van der Waals surface area contributed by atoms with E-state index < -0.39 is 0 Å². The molecule has 0 amide bonds. The highest BCUT2D eigenvalue weighted by molar-refractivity contribution is 7.12. The van der Waals surface area contributed by atoms with E-state index in [-0.39, 0.29) is 6.10 Å². The largest absolute Gasteiger partial charge is 0.487 e. The first-order valence-corrected chi connectivity index (χ1v) is 5.23. The summed E-state index contributed by atoms with van der Waals surface area (Å²) in [6, 6.07) is 1.95. The fourth-order valence-corrected chi connectivity index (χ4v) is 2.02. The molecular weight excluding hydrogens is 184 g/mol. The number of hydrogen-bond acceptors (Lipinski definition) is 4. The van der Waals surface area contributed by atoms with Gasteiger partial charge in [-0.25, -0.2) is 0 Å². The summed E-state index contributed by atoms with van der Waals surface area (Å²) in [5, 5.41) is 1.98. The molecule has 3 nitrogen and oxygen atoms in total. The molecule has 0 fully saturated rings. The molecule has 1 aromatic rings. The summed E-state index contributed by atoms with van der Waals surface area (Å²) in [6.07, 6.45) is 1.14. The lowest BCUT2D eigenvalue weighted by atomic mass is 10.3. The Kier molecular flexibility index (Phi) is 2.22. The van der Waals surface area contributed by atoms with Crippen LogP contribution < -0.4 is 10.5 Å². The highest BCUT2D eigenvalue weighted by Gasteiger charge is 2.18. The molecule has 1 aromatic heterocycles. The molecule has 2 rings (SSSR count). The zero-order chi connectivity index (χ0) is 9.26. The monoisotopic (exact) mass is 196 g/mol. The Morgan fingerprint density at radius 2 is 2.62 bits per heavy atom. The van der Waals surface area contributed by atoms with E-state index in [1.54, 1.807) is 11.3 Å². The summed E-state index contributed by atoms with van der Waals surface area (Å²) in [4.78, 5) is 5.24. The van der Waals surface area contributed by atoms with Gasteiger partial charge in [0, 0.05) is 0 Å². The molecule has 2 N–H and O–H groups in total. The van der Waals surface area contributed by atoms with Gasteiger partial charge in [-0.1, -0.05) is 6.92 Å². The van der Waals surface area contributed by atoms with Crippen LogP contribution in [0.5, 0.6) is 5.75 Å². The smallest absolute Gasteiger partial charge is 0.141 e. The van der Waals surface area contributed by atoms with Gasteiger partial charge >= 0.3 is 0 Å². The average molecular weight is 196 g/mol. The van der Waals surface area contributed by atoms with E-state index in [2.05, 4.69) is 11.9 Å². The molecule has 1 unspecified atom stereocenters. The second kappa shape index (κ2) is 3.38. The molecule has 0 aromatic carbocycles. The second-order valence-electron chi connectivity index (χ2n) is 2.99. The Bertz CT molecular complexity index is 332. The van der Waals surface area contributed by atoms with Crippen LogP contribution in [-0.4, -0.2) is 18.5 Å². The first kappa shape index (κ1) is 8.56. The number of thiophene rings is 1. The van der Waals surface area contributed by atoms with Gasteiger partial charge < -0.3 is 10.5 Å². The van der Waals surface area contributed by atoms with Crippen LogP contribution in [0.15, 0.2) is 16.4 Å². The van der Waals surface area contributed by atoms with Crippen LogP contribution in [0, 0.1) is 0 Å². The highest BCUT2D eigenvalue weighted by atomic mass is 32.1. The van der Waals surface area contributed by atoms with Crippen molar-refractivity contribution in [2.24, 2.45) is 10.7 Å². The maximum Gasteiger partial charge on any atom is 0.141 e. The molecule has 13 heavy (non-hydrogen) atoms. The normalized spacial score (nSPS) is 21.3. The summed E-state index contributed by atoms with van der Waals surface area (Å²) in [5.74, 6) is 1.50. The number of aliphatic imine (C=N–C) groups is 1. The fourth-order valence-electron chi connectivity index (χ4n) is 1.28. The Morgan fingerprint density at radius 1 is 1.77 bits per heavy atom. The van der Waals surface area contributed by atoms with Gasteiger partial charge in [0.1, 0.15) is 22.6 Å². The van der Waals surface area contributed by atoms with E-state index >= 15 is 0 Å². The van der Waals surface area contributed by atoms with Crippen LogP contribution in [0.25, 0.3) is 0 Å². The summed E-state index contributed by atoms with van der Waals surface area (Å²) in [5.41, 5.74) is 5.79. The third-order valence-electron chi connectivity index (χ3n) is 2.08. The maximum atomic E-state index is 5.79. The van der Waals surface area contributed by atoms with Crippen molar-refractivity contribution in [3.8, 4) is 5.75 Å². The summed E-state index contributed by atoms with van der Waals surface area (Å²) in [6.45, 7) is 2.76. The maximum absolute atomic E-state index is 5.79. The quantitative estimate of drug-likeness (QED) is 0.742. The molecule has 0 aliphatic carbocycles. The zero-order valence-corrected chi connectivity index (χ0v) is 8.30. The molecule has 0 radical (unpaired) electrons. The third kappa shape index (κ3) is 1.54. The van der Waals surface area contributed by atoms with Crippen LogP contribution in [0.1, 0.15) is 18.2 Å². The van der Waals surface area contributed by atoms with Crippen LogP contribution in [0.4, 0.5) is 0 Å². The molecule has 0 saturated heterocycles. The molecule has 4 heteroatoms. The first-order chi connectivity index (χ1) is 6.31. The van der Waals surface area contributed by atoms with Crippen molar-refractivity contribution in [3.05, 3.63) is 16.3 Å². The number of fused-ring (bicyclic) bond motifs is 1. The van der Waals surface area contributed by atoms with Crippen molar-refractivity contribution in [2.75, 3.05) is 6.54 Å². The van der Waals surface area contributed by atoms with E-state index in [0.717, 1.165) is 17.0 Å². The first-order valence-electron chi connectivity index (χ1n) is 4.35. The standard InChI is InChI=1S/C9H12N2OS/c1-2-6-5-11-9(10)8-7(12-6)3-4-13-8/h3-4,6H,2,5H2,1H3,(H2,10,11). The molecule has 1 aliphatic heterocycles. The third-order valence-corrected chi connectivity index (χ3v) is 2.99. The molecule has 70 valence electrons. The lowest BCUT2D eigenvalue weighted by molar-refractivity contribution is 0.209. The van der Waals surface area contributed by atoms with E-state index in [0.29, 0.717) is 12.4 Å². The lowest BCUT2D eigenvalue weighted by Gasteiger charge is -2.12. The predicted octanol–water partition coefficient (Wildman–Crippen LogP) is 1.62. The minimum absolute atomic E-state index is 0.175. The molecule has 1 aliphatic rings. The Morgan fingerprint density at radius 3 is 3.38 bits per heavy atom. The van der Waals surface area contributed by atoms with Crippen molar-refractivity contribution < 1.29 is 4.74 Å². The molecular formula is C9H12N2OS. The Labute approximate surface area is 81.2 Å². The number of nitrogens with zero attached hydrogens (tertiary/aromatic N) is 1. The number of nitrogens with two attached hydrogens (primary N) is 1. The van der Waals surface area contributed by atoms with E-state index in [1.165, 1.54) is 0 Å². The van der Waals surface area contributed by atoms with Gasteiger partial charge in [0.2, 0.25) is 0 Å². The van der Waals surface area contributed by atoms with Crippen molar-refractivity contribution >= 4 is 17.2 Å². The van der Waals surface area contributed by atoms with Gasteiger partial charge in [0.15, 0.2) is 0 Å². The second-order valence-corrected chi connectivity index (χ2v) is 3.90. The van der Waals surface area contributed by atoms with E-state index in [4.69, 9.17) is 10.5 Å². The number of amidine groups is 1. The van der Waals surface area contributed by atoms with Gasteiger partial charge in [-0.15, -0.1) is 11.3 Å². The van der Waals surface area contributed by atoms with Crippen molar-refractivity contribution in [2.45, 2.75) is 19.4 Å². The van der Waals surface area contributed by atoms with Crippen LogP contribution in [0.2, 0.25) is 0 Å². The highest BCUT2D eigenvalue weighted by Crippen LogP contribution is 2.27. The van der Waals surface area contributed by atoms with Gasteiger partial charge in [-0.2, -0.15) is 0 Å². The fraction of sp³-hybridized carbons (Fsp3) is 0.444. The average Bonchev–Trinajstić information content (AvgIpc) is 2.54. The molecule has 1 atom stereocenters. The van der Waals surface area contributed by atoms with Crippen LogP contribution in [0.3, 0.4) is 0 Å². The summed E-state index contributed by atoms with van der Waals surface area (Å²) < 4.78 is 5.73. The predicted molar refractivity (Wildman–Crippen MR) is 54.6 cm³/mol. The van der Waals surface area contributed by atoms with Gasteiger partial charge in [0.05, 0.1) is 6.54 Å². The molecule has 2 heterocycles. The molecule has 0 spiro atoms. The lowest BCUT2D eigenvalue weighted by Crippen LogP contribution is -2.18. The number of rotatable bonds is 1. The minimum Gasteiger partial charge on any atom is -0.487 e. The van der Waals surface area contributed by atoms with E-state index in [1.807, 2.05) is 11.4 Å². The Balaban J connectivity index is 2.35. The Hall–Kier alpha value is -1.03. The van der Waals surface area contributed by atoms with Gasteiger partial charge in [0.25, 0.3) is 0 Å². The van der Waals surface area contributed by atoms with Gasteiger partial charge in [-0.3, -0.25) is 4.99 Å². The molecule has 0 saturated carbocycles. The van der Waals surface area contributed by atoms with E-state index in [9.17, 15) is 0 Å². The van der Waals surface area contributed by atoms with Crippen molar-refractivity contribution in [1.29, 1.82) is 0 Å². The number of hydrogen-bond donors (Lipinski definition) is 1. The minimum atomic E-state index is 0.175. The topological polar surface area (TPSA) is 47.6 Å². The summed E-state index contributed by atoms with van der Waals surface area (Å²) >= 11 is 1.58. The number of ether oxygens (including phenoxy) is 1. The molecule has 0 bridgehead atoms.